The number of carbonyl (C=O) groups excluding carboxylic acids is 1. The van der Waals surface area contributed by atoms with E-state index in [1.54, 1.807) is 25.4 Å². The first-order chi connectivity index (χ1) is 7.63. The van der Waals surface area contributed by atoms with Gasteiger partial charge < -0.3 is 5.32 Å². The van der Waals surface area contributed by atoms with Crippen LogP contribution in [0.2, 0.25) is 0 Å². The number of pyridine rings is 1. The molecule has 5 heteroatoms. The van der Waals surface area contributed by atoms with Gasteiger partial charge in [-0.2, -0.15) is 0 Å². The number of amides is 1. The number of fused-ring (bicyclic) bond motifs is 1. The molecule has 1 amide bonds. The summed E-state index contributed by atoms with van der Waals surface area (Å²) in [5, 5.41) is 10.7. The number of nitrogens with one attached hydrogen (secondary N) is 1. The lowest BCUT2D eigenvalue weighted by molar-refractivity contribution is 0.0962. The molecule has 0 radical (unpaired) electrons. The van der Waals surface area contributed by atoms with Crippen LogP contribution in [0.1, 0.15) is 35.9 Å². The molecule has 5 nitrogen and oxygen atoms in total. The molecule has 0 aliphatic rings. The van der Waals surface area contributed by atoms with Gasteiger partial charge in [0.25, 0.3) is 5.91 Å². The van der Waals surface area contributed by atoms with Crippen LogP contribution in [0.5, 0.6) is 0 Å². The molecule has 0 saturated heterocycles. The second kappa shape index (κ2) is 3.92. The predicted molar refractivity (Wildman–Crippen MR) is 60.5 cm³/mol. The number of carbonyl (C=O) groups is 1. The normalized spacial score (nSPS) is 11.0. The minimum absolute atomic E-state index is 0.106. The molecule has 0 bridgehead atoms. The third-order valence-corrected chi connectivity index (χ3v) is 2.43. The first kappa shape index (κ1) is 10.6. The van der Waals surface area contributed by atoms with E-state index in [0.29, 0.717) is 5.56 Å². The largest absolute Gasteiger partial charge is 0.355 e. The van der Waals surface area contributed by atoms with Crippen LogP contribution >= 0.6 is 0 Å². The minimum Gasteiger partial charge on any atom is -0.355 e. The molecule has 0 unspecified atom stereocenters. The molecule has 0 aliphatic heterocycles. The Bertz CT molecular complexity index is 530. The van der Waals surface area contributed by atoms with Gasteiger partial charge in [0.2, 0.25) is 0 Å². The van der Waals surface area contributed by atoms with E-state index in [2.05, 4.69) is 15.5 Å². The third-order valence-electron chi connectivity index (χ3n) is 2.43. The summed E-state index contributed by atoms with van der Waals surface area (Å²) in [6, 6.07) is 3.54. The number of nitrogens with zero attached hydrogens (tertiary/aromatic N) is 3. The molecule has 0 spiro atoms. The zero-order valence-corrected chi connectivity index (χ0v) is 9.56. The second-order valence-corrected chi connectivity index (χ2v) is 3.94. The highest BCUT2D eigenvalue weighted by Crippen LogP contribution is 2.14. The molecular formula is C11H14N4O. The molecule has 2 heterocycles. The zero-order chi connectivity index (χ0) is 11.7. The Morgan fingerprint density at radius 1 is 1.38 bits per heavy atom. The van der Waals surface area contributed by atoms with E-state index in [9.17, 15) is 4.79 Å². The average molecular weight is 218 g/mol. The fraction of sp³-hybridized carbons (Fsp3) is 0.364. The van der Waals surface area contributed by atoms with Gasteiger partial charge in [-0.3, -0.25) is 9.20 Å². The van der Waals surface area contributed by atoms with Gasteiger partial charge in [0, 0.05) is 19.2 Å². The average Bonchev–Trinajstić information content (AvgIpc) is 2.70. The molecule has 2 rings (SSSR count). The summed E-state index contributed by atoms with van der Waals surface area (Å²) in [7, 11) is 1.61. The fourth-order valence-corrected chi connectivity index (χ4v) is 1.58. The summed E-state index contributed by atoms with van der Waals surface area (Å²) >= 11 is 0. The predicted octanol–water partition coefficient (Wildman–Crippen LogP) is 1.21. The van der Waals surface area contributed by atoms with Crippen molar-refractivity contribution in [2.75, 3.05) is 7.05 Å². The lowest BCUT2D eigenvalue weighted by atomic mass is 10.2. The van der Waals surface area contributed by atoms with Crippen molar-refractivity contribution in [1.82, 2.24) is 19.9 Å². The quantitative estimate of drug-likeness (QED) is 0.824. The van der Waals surface area contributed by atoms with Gasteiger partial charge in [-0.05, 0) is 12.1 Å². The number of hydrogen-bond donors (Lipinski definition) is 1. The van der Waals surface area contributed by atoms with Crippen molar-refractivity contribution in [2.24, 2.45) is 0 Å². The second-order valence-electron chi connectivity index (χ2n) is 3.94. The Morgan fingerprint density at radius 2 is 2.12 bits per heavy atom. The van der Waals surface area contributed by atoms with Crippen molar-refractivity contribution in [3.05, 3.63) is 29.7 Å². The summed E-state index contributed by atoms with van der Waals surface area (Å²) in [5.41, 5.74) is 1.37. The summed E-state index contributed by atoms with van der Waals surface area (Å²) < 4.78 is 1.86. The van der Waals surface area contributed by atoms with Gasteiger partial charge in [-0.15, -0.1) is 10.2 Å². The molecule has 0 atom stereocenters. The van der Waals surface area contributed by atoms with E-state index in [-0.39, 0.29) is 11.8 Å². The van der Waals surface area contributed by atoms with E-state index in [1.165, 1.54) is 0 Å². The Morgan fingerprint density at radius 3 is 2.75 bits per heavy atom. The van der Waals surface area contributed by atoms with E-state index >= 15 is 0 Å². The van der Waals surface area contributed by atoms with Gasteiger partial charge in [0.1, 0.15) is 5.82 Å². The van der Waals surface area contributed by atoms with Crippen molar-refractivity contribution in [3.8, 4) is 0 Å². The summed E-state index contributed by atoms with van der Waals surface area (Å²) in [6.45, 7) is 4.09. The smallest absolute Gasteiger partial charge is 0.252 e. The summed E-state index contributed by atoms with van der Waals surface area (Å²) in [5.74, 6) is 1.03. The lowest BCUT2D eigenvalue weighted by Crippen LogP contribution is -2.18. The highest BCUT2D eigenvalue weighted by Gasteiger charge is 2.11. The Labute approximate surface area is 93.5 Å². The maximum absolute atomic E-state index is 11.5. The first-order valence-electron chi connectivity index (χ1n) is 5.20. The molecule has 2 aromatic rings. The fourth-order valence-electron chi connectivity index (χ4n) is 1.58. The summed E-state index contributed by atoms with van der Waals surface area (Å²) in [6.07, 6.45) is 1.77. The van der Waals surface area contributed by atoms with Crippen molar-refractivity contribution in [2.45, 2.75) is 19.8 Å². The van der Waals surface area contributed by atoms with E-state index in [1.807, 2.05) is 18.2 Å². The molecule has 16 heavy (non-hydrogen) atoms. The first-order valence-corrected chi connectivity index (χ1v) is 5.20. The maximum atomic E-state index is 11.5. The van der Waals surface area contributed by atoms with Gasteiger partial charge in [-0.1, -0.05) is 13.8 Å². The molecule has 84 valence electrons. The van der Waals surface area contributed by atoms with E-state index in [0.717, 1.165) is 11.5 Å². The third kappa shape index (κ3) is 1.64. The van der Waals surface area contributed by atoms with Gasteiger partial charge in [0.15, 0.2) is 5.65 Å². The van der Waals surface area contributed by atoms with Crippen LogP contribution < -0.4 is 5.32 Å². The van der Waals surface area contributed by atoms with Gasteiger partial charge in [0.05, 0.1) is 5.56 Å². The maximum Gasteiger partial charge on any atom is 0.252 e. The topological polar surface area (TPSA) is 59.3 Å². The van der Waals surface area contributed by atoms with Crippen LogP contribution in [0, 0.1) is 0 Å². The molecular weight excluding hydrogens is 204 g/mol. The van der Waals surface area contributed by atoms with Gasteiger partial charge >= 0.3 is 0 Å². The Hall–Kier alpha value is -1.91. The van der Waals surface area contributed by atoms with Crippen molar-refractivity contribution < 1.29 is 4.79 Å². The molecule has 0 fully saturated rings. The lowest BCUT2D eigenvalue weighted by Gasteiger charge is -2.04. The molecule has 2 aromatic heterocycles. The van der Waals surface area contributed by atoms with Crippen LogP contribution in [0.3, 0.4) is 0 Å². The highest BCUT2D eigenvalue weighted by atomic mass is 16.1. The Balaban J connectivity index is 2.58. The molecule has 1 N–H and O–H groups in total. The Kier molecular flexibility index (Phi) is 2.60. The van der Waals surface area contributed by atoms with Crippen LogP contribution in [0.25, 0.3) is 5.65 Å². The number of rotatable bonds is 2. The van der Waals surface area contributed by atoms with Crippen LogP contribution in [0.15, 0.2) is 18.3 Å². The molecule has 0 aliphatic carbocycles. The zero-order valence-electron chi connectivity index (χ0n) is 9.56. The number of aromatic nitrogens is 3. The molecule has 0 saturated carbocycles. The van der Waals surface area contributed by atoms with Crippen molar-refractivity contribution in [3.63, 3.8) is 0 Å². The van der Waals surface area contributed by atoms with Crippen LogP contribution in [0.4, 0.5) is 0 Å². The van der Waals surface area contributed by atoms with Crippen molar-refractivity contribution >= 4 is 11.6 Å². The standard InChI is InChI=1S/C11H14N4O/c1-7(2)10-14-13-9-5-4-8(6-15(9)10)11(16)12-3/h4-7H,1-3H3,(H,12,16). The minimum atomic E-state index is -0.106. The van der Waals surface area contributed by atoms with E-state index < -0.39 is 0 Å². The SMILES string of the molecule is CNC(=O)c1ccc2nnc(C(C)C)n2c1. The van der Waals surface area contributed by atoms with E-state index in [4.69, 9.17) is 0 Å². The van der Waals surface area contributed by atoms with Crippen molar-refractivity contribution in [1.29, 1.82) is 0 Å². The number of hydrogen-bond acceptors (Lipinski definition) is 3. The highest BCUT2D eigenvalue weighted by molar-refractivity contribution is 5.93. The van der Waals surface area contributed by atoms with Crippen LogP contribution in [-0.4, -0.2) is 27.6 Å². The summed E-state index contributed by atoms with van der Waals surface area (Å²) in [4.78, 5) is 11.5. The monoisotopic (exact) mass is 218 g/mol. The molecule has 0 aromatic carbocycles. The van der Waals surface area contributed by atoms with Crippen LogP contribution in [-0.2, 0) is 0 Å². The van der Waals surface area contributed by atoms with Gasteiger partial charge in [-0.25, -0.2) is 0 Å².